The van der Waals surface area contributed by atoms with E-state index in [2.05, 4.69) is 35.3 Å². The van der Waals surface area contributed by atoms with Gasteiger partial charge in [0.25, 0.3) is 0 Å². The number of ether oxygens (including phenoxy) is 1. The number of carbonyl (C=O) groups excluding carboxylic acids is 1. The smallest absolute Gasteiger partial charge is 0.234 e. The molecule has 0 saturated carbocycles. The quantitative estimate of drug-likeness (QED) is 0.926. The molecule has 0 radical (unpaired) electrons. The molecule has 1 atom stereocenters. The van der Waals surface area contributed by atoms with E-state index in [0.717, 1.165) is 26.3 Å². The Morgan fingerprint density at radius 3 is 2.73 bits per heavy atom. The number of carbonyl (C=O) groups is 1. The van der Waals surface area contributed by atoms with Crippen molar-refractivity contribution < 1.29 is 9.53 Å². The van der Waals surface area contributed by atoms with Crippen LogP contribution in [0.15, 0.2) is 18.2 Å². The zero-order chi connectivity index (χ0) is 15.4. The van der Waals surface area contributed by atoms with E-state index in [-0.39, 0.29) is 11.9 Å². The van der Waals surface area contributed by atoms with Crippen molar-refractivity contribution in [2.24, 2.45) is 0 Å². The first-order valence-corrected chi connectivity index (χ1v) is 8.43. The highest BCUT2D eigenvalue weighted by atomic mass is 16.5. The van der Waals surface area contributed by atoms with Crippen molar-refractivity contribution >= 4 is 5.91 Å². The molecule has 1 heterocycles. The summed E-state index contributed by atoms with van der Waals surface area (Å²) in [4.78, 5) is 14.3. The number of morpholine rings is 1. The van der Waals surface area contributed by atoms with Gasteiger partial charge in [-0.05, 0) is 49.3 Å². The van der Waals surface area contributed by atoms with Gasteiger partial charge in [0.1, 0.15) is 0 Å². The van der Waals surface area contributed by atoms with E-state index in [0.29, 0.717) is 6.54 Å². The van der Waals surface area contributed by atoms with Crippen molar-refractivity contribution in [3.05, 3.63) is 34.9 Å². The van der Waals surface area contributed by atoms with Gasteiger partial charge < -0.3 is 10.1 Å². The zero-order valence-electron chi connectivity index (χ0n) is 13.4. The van der Waals surface area contributed by atoms with Crippen molar-refractivity contribution in [3.8, 4) is 0 Å². The van der Waals surface area contributed by atoms with Gasteiger partial charge in [-0.15, -0.1) is 0 Å². The maximum Gasteiger partial charge on any atom is 0.234 e. The Bertz CT molecular complexity index is 524. The van der Waals surface area contributed by atoms with E-state index >= 15 is 0 Å². The highest BCUT2D eigenvalue weighted by Crippen LogP contribution is 2.24. The Morgan fingerprint density at radius 1 is 1.23 bits per heavy atom. The molecule has 1 N–H and O–H groups in total. The molecule has 1 aliphatic heterocycles. The van der Waals surface area contributed by atoms with E-state index in [1.807, 2.05) is 0 Å². The van der Waals surface area contributed by atoms with Crippen molar-refractivity contribution in [2.75, 3.05) is 32.8 Å². The molecule has 4 heteroatoms. The van der Waals surface area contributed by atoms with E-state index < -0.39 is 0 Å². The predicted molar refractivity (Wildman–Crippen MR) is 86.9 cm³/mol. The molecule has 1 amide bonds. The first kappa shape index (κ1) is 15.5. The number of hydrogen-bond donors (Lipinski definition) is 1. The van der Waals surface area contributed by atoms with E-state index in [4.69, 9.17) is 4.74 Å². The van der Waals surface area contributed by atoms with Crippen LogP contribution < -0.4 is 5.32 Å². The van der Waals surface area contributed by atoms with Crippen molar-refractivity contribution in [3.63, 3.8) is 0 Å². The van der Waals surface area contributed by atoms with Gasteiger partial charge >= 0.3 is 0 Å². The molecule has 2 aliphatic rings. The van der Waals surface area contributed by atoms with Crippen molar-refractivity contribution in [1.82, 2.24) is 10.2 Å². The third kappa shape index (κ3) is 3.87. The van der Waals surface area contributed by atoms with E-state index in [1.165, 1.54) is 42.4 Å². The monoisotopic (exact) mass is 302 g/mol. The number of aryl methyl sites for hydroxylation is 2. The van der Waals surface area contributed by atoms with Crippen LogP contribution in [-0.4, -0.2) is 43.7 Å². The van der Waals surface area contributed by atoms with Crippen LogP contribution in [0.4, 0.5) is 0 Å². The fraction of sp³-hybridized carbons (Fsp3) is 0.611. The topological polar surface area (TPSA) is 41.6 Å². The summed E-state index contributed by atoms with van der Waals surface area (Å²) in [5, 5.41) is 3.13. The van der Waals surface area contributed by atoms with Crippen LogP contribution in [0.3, 0.4) is 0 Å². The standard InChI is InChI=1S/C18H26N2O2/c1-14(19-18(21)13-20-8-10-22-11-9-20)16-7-6-15-4-2-3-5-17(15)12-16/h6-7,12,14H,2-5,8-11,13H2,1H3,(H,19,21). The lowest BCUT2D eigenvalue weighted by Crippen LogP contribution is -2.43. The van der Waals surface area contributed by atoms with Gasteiger partial charge in [-0.25, -0.2) is 0 Å². The van der Waals surface area contributed by atoms with Crippen LogP contribution in [0.5, 0.6) is 0 Å². The average molecular weight is 302 g/mol. The molecule has 22 heavy (non-hydrogen) atoms. The first-order chi connectivity index (χ1) is 10.7. The van der Waals surface area contributed by atoms with Crippen LogP contribution in [0.1, 0.15) is 42.5 Å². The summed E-state index contributed by atoms with van der Waals surface area (Å²) in [6.45, 7) is 5.70. The molecule has 0 aromatic heterocycles. The Balaban J connectivity index is 1.56. The third-order valence-corrected chi connectivity index (χ3v) is 4.72. The highest BCUT2D eigenvalue weighted by molar-refractivity contribution is 5.78. The fourth-order valence-corrected chi connectivity index (χ4v) is 3.36. The van der Waals surface area contributed by atoms with Gasteiger partial charge in [-0.2, -0.15) is 0 Å². The largest absolute Gasteiger partial charge is 0.379 e. The highest BCUT2D eigenvalue weighted by Gasteiger charge is 2.17. The summed E-state index contributed by atoms with van der Waals surface area (Å²) in [5.74, 6) is 0.104. The predicted octanol–water partition coefficient (Wildman–Crippen LogP) is 2.07. The average Bonchev–Trinajstić information content (AvgIpc) is 2.55. The van der Waals surface area contributed by atoms with Gasteiger partial charge in [0, 0.05) is 13.1 Å². The van der Waals surface area contributed by atoms with E-state index in [1.54, 1.807) is 0 Å². The minimum absolute atomic E-state index is 0.0702. The van der Waals surface area contributed by atoms with Crippen LogP contribution in [0.25, 0.3) is 0 Å². The molecule has 0 bridgehead atoms. The SMILES string of the molecule is CC(NC(=O)CN1CCOCC1)c1ccc2c(c1)CCCC2. The summed E-state index contributed by atoms with van der Waals surface area (Å²) in [5.41, 5.74) is 4.18. The number of rotatable bonds is 4. The molecule has 1 unspecified atom stereocenters. The van der Waals surface area contributed by atoms with Crippen molar-refractivity contribution in [1.29, 1.82) is 0 Å². The van der Waals surface area contributed by atoms with Crippen LogP contribution in [-0.2, 0) is 22.4 Å². The minimum atomic E-state index is 0.0702. The molecule has 0 spiro atoms. The summed E-state index contributed by atoms with van der Waals surface area (Å²) in [7, 11) is 0. The van der Waals surface area contributed by atoms with Gasteiger partial charge in [-0.1, -0.05) is 18.2 Å². The van der Waals surface area contributed by atoms with Crippen LogP contribution in [0, 0.1) is 0 Å². The second kappa shape index (κ2) is 7.25. The molecule has 3 rings (SSSR count). The summed E-state index contributed by atoms with van der Waals surface area (Å²) in [6.07, 6.45) is 4.97. The molecular weight excluding hydrogens is 276 g/mol. The van der Waals surface area contributed by atoms with Gasteiger partial charge in [0.15, 0.2) is 0 Å². The molecule has 4 nitrogen and oxygen atoms in total. The summed E-state index contributed by atoms with van der Waals surface area (Å²) >= 11 is 0. The molecule has 1 aromatic rings. The molecule has 1 aromatic carbocycles. The van der Waals surface area contributed by atoms with Crippen LogP contribution in [0.2, 0.25) is 0 Å². The number of nitrogens with one attached hydrogen (secondary N) is 1. The molecule has 1 aliphatic carbocycles. The minimum Gasteiger partial charge on any atom is -0.379 e. The fourth-order valence-electron chi connectivity index (χ4n) is 3.36. The first-order valence-electron chi connectivity index (χ1n) is 8.43. The Kier molecular flexibility index (Phi) is 5.11. The molecular formula is C18H26N2O2. The lowest BCUT2D eigenvalue weighted by Gasteiger charge is -2.26. The van der Waals surface area contributed by atoms with Crippen LogP contribution >= 0.6 is 0 Å². The summed E-state index contributed by atoms with van der Waals surface area (Å²) in [6, 6.07) is 6.77. The van der Waals surface area contributed by atoms with Crippen molar-refractivity contribution in [2.45, 2.75) is 38.6 Å². The summed E-state index contributed by atoms with van der Waals surface area (Å²) < 4.78 is 5.31. The second-order valence-corrected chi connectivity index (χ2v) is 6.41. The maximum atomic E-state index is 12.2. The number of nitrogens with zero attached hydrogens (tertiary/aromatic N) is 1. The Hall–Kier alpha value is -1.39. The Labute approximate surface area is 132 Å². The third-order valence-electron chi connectivity index (χ3n) is 4.72. The number of benzene rings is 1. The van der Waals surface area contributed by atoms with E-state index in [9.17, 15) is 4.79 Å². The lowest BCUT2D eigenvalue weighted by molar-refractivity contribution is -0.123. The van der Waals surface area contributed by atoms with Gasteiger partial charge in [0.2, 0.25) is 5.91 Å². The number of fused-ring (bicyclic) bond motifs is 1. The number of amides is 1. The Morgan fingerprint density at radius 2 is 1.95 bits per heavy atom. The maximum absolute atomic E-state index is 12.2. The number of hydrogen-bond acceptors (Lipinski definition) is 3. The molecule has 120 valence electrons. The van der Waals surface area contributed by atoms with Gasteiger partial charge in [-0.3, -0.25) is 9.69 Å². The van der Waals surface area contributed by atoms with Gasteiger partial charge in [0.05, 0.1) is 25.8 Å². The molecule has 1 saturated heterocycles. The zero-order valence-corrected chi connectivity index (χ0v) is 13.4. The molecule has 1 fully saturated rings. The lowest BCUT2D eigenvalue weighted by atomic mass is 9.89. The normalized spacial score (nSPS) is 20.2. The second-order valence-electron chi connectivity index (χ2n) is 6.41.